The molecule has 0 aliphatic rings. The number of carbonyl (C=O) groups is 1. The lowest BCUT2D eigenvalue weighted by Crippen LogP contribution is -2.43. The summed E-state index contributed by atoms with van der Waals surface area (Å²) >= 11 is 0. The smallest absolute Gasteiger partial charge is 0.319 e. The van der Waals surface area contributed by atoms with Crippen LogP contribution in [0.15, 0.2) is 24.3 Å². The molecule has 5 heteroatoms. The lowest BCUT2D eigenvalue weighted by Gasteiger charge is -2.21. The van der Waals surface area contributed by atoms with E-state index < -0.39 is 0 Å². The highest BCUT2D eigenvalue weighted by Crippen LogP contribution is 2.14. The number of benzene rings is 1. The van der Waals surface area contributed by atoms with Crippen LogP contribution in [0.1, 0.15) is 26.3 Å². The summed E-state index contributed by atoms with van der Waals surface area (Å²) in [5, 5.41) is 12.9. The van der Waals surface area contributed by atoms with Crippen molar-refractivity contribution in [3.8, 4) is 0 Å². The second-order valence-electron chi connectivity index (χ2n) is 4.79. The van der Waals surface area contributed by atoms with Crippen LogP contribution in [0.2, 0.25) is 0 Å². The van der Waals surface area contributed by atoms with Crippen molar-refractivity contribution < 1.29 is 4.79 Å². The first kappa shape index (κ1) is 13.0. The first-order valence-corrected chi connectivity index (χ1v) is 5.32. The van der Waals surface area contributed by atoms with Gasteiger partial charge in [-0.3, -0.25) is 5.41 Å². The zero-order valence-electron chi connectivity index (χ0n) is 10.3. The topological polar surface area (TPSA) is 91.0 Å². The fourth-order valence-corrected chi connectivity index (χ4v) is 1.32. The highest BCUT2D eigenvalue weighted by Gasteiger charge is 2.14. The molecule has 1 aromatic rings. The van der Waals surface area contributed by atoms with Crippen LogP contribution in [0.5, 0.6) is 0 Å². The van der Waals surface area contributed by atoms with Crippen molar-refractivity contribution in [2.75, 3.05) is 5.32 Å². The van der Waals surface area contributed by atoms with Crippen molar-refractivity contribution in [1.82, 2.24) is 5.32 Å². The van der Waals surface area contributed by atoms with E-state index in [1.165, 1.54) is 0 Å². The maximum Gasteiger partial charge on any atom is 0.319 e. The third kappa shape index (κ3) is 4.14. The van der Waals surface area contributed by atoms with Crippen molar-refractivity contribution in [1.29, 1.82) is 5.41 Å². The van der Waals surface area contributed by atoms with Crippen LogP contribution in [-0.2, 0) is 0 Å². The summed E-state index contributed by atoms with van der Waals surface area (Å²) in [5.41, 5.74) is 6.16. The van der Waals surface area contributed by atoms with Crippen LogP contribution in [0.25, 0.3) is 0 Å². The number of urea groups is 1. The molecule has 0 saturated carbocycles. The maximum absolute atomic E-state index is 11.7. The van der Waals surface area contributed by atoms with E-state index in [1.54, 1.807) is 24.3 Å². The minimum absolute atomic E-state index is 0.0725. The molecule has 0 aliphatic heterocycles. The molecular formula is C12H18N4O. The van der Waals surface area contributed by atoms with Gasteiger partial charge in [0.05, 0.1) is 5.69 Å². The highest BCUT2D eigenvalue weighted by molar-refractivity contribution is 6.03. The fraction of sp³-hybridized carbons (Fsp3) is 0.333. The van der Waals surface area contributed by atoms with E-state index in [2.05, 4.69) is 10.6 Å². The summed E-state index contributed by atoms with van der Waals surface area (Å²) in [6.45, 7) is 5.68. The molecule has 0 saturated heterocycles. The van der Waals surface area contributed by atoms with Gasteiger partial charge in [0.15, 0.2) is 0 Å². The SMILES string of the molecule is CC(C)(C)NC(=O)Nc1ccccc1C(=N)N. The normalized spacial score (nSPS) is 10.8. The fourth-order valence-electron chi connectivity index (χ4n) is 1.32. The average Bonchev–Trinajstić information content (AvgIpc) is 2.14. The van der Waals surface area contributed by atoms with E-state index in [1.807, 2.05) is 20.8 Å². The number of nitrogen functional groups attached to an aromatic ring is 1. The molecule has 1 rings (SSSR count). The summed E-state index contributed by atoms with van der Waals surface area (Å²) in [6, 6.07) is 6.63. The Labute approximate surface area is 101 Å². The Morgan fingerprint density at radius 1 is 1.29 bits per heavy atom. The molecule has 5 N–H and O–H groups in total. The monoisotopic (exact) mass is 234 g/mol. The van der Waals surface area contributed by atoms with Crippen LogP contribution in [-0.4, -0.2) is 17.4 Å². The first-order valence-electron chi connectivity index (χ1n) is 5.32. The van der Waals surface area contributed by atoms with Gasteiger partial charge in [0.25, 0.3) is 0 Å². The number of nitrogens with one attached hydrogen (secondary N) is 3. The summed E-state index contributed by atoms with van der Waals surface area (Å²) in [4.78, 5) is 11.7. The lowest BCUT2D eigenvalue weighted by atomic mass is 10.1. The number of nitrogens with two attached hydrogens (primary N) is 1. The third-order valence-electron chi connectivity index (χ3n) is 1.95. The van der Waals surface area contributed by atoms with Crippen LogP contribution < -0.4 is 16.4 Å². The van der Waals surface area contributed by atoms with Gasteiger partial charge in [-0.25, -0.2) is 4.79 Å². The standard InChI is InChI=1S/C12H18N4O/c1-12(2,3)16-11(17)15-9-7-5-4-6-8(9)10(13)14/h4-7H,1-3H3,(H3,13,14)(H2,15,16,17). The number of amides is 2. The van der Waals surface area contributed by atoms with Crippen LogP contribution in [0.3, 0.4) is 0 Å². The summed E-state index contributed by atoms with van der Waals surface area (Å²) in [5.74, 6) is -0.0725. The van der Waals surface area contributed by atoms with E-state index in [9.17, 15) is 4.79 Å². The van der Waals surface area contributed by atoms with Crippen LogP contribution in [0.4, 0.5) is 10.5 Å². The average molecular weight is 234 g/mol. The Kier molecular flexibility index (Phi) is 3.73. The van der Waals surface area contributed by atoms with Gasteiger partial charge in [-0.2, -0.15) is 0 Å². The predicted molar refractivity (Wildman–Crippen MR) is 69.4 cm³/mol. The molecular weight excluding hydrogens is 216 g/mol. The van der Waals surface area contributed by atoms with E-state index in [4.69, 9.17) is 11.1 Å². The molecule has 0 aromatic heterocycles. The number of amidine groups is 1. The Morgan fingerprint density at radius 2 is 1.88 bits per heavy atom. The minimum atomic E-state index is -0.314. The lowest BCUT2D eigenvalue weighted by molar-refractivity contribution is 0.244. The molecule has 0 bridgehead atoms. The van der Waals surface area contributed by atoms with Gasteiger partial charge in [-0.05, 0) is 32.9 Å². The Hall–Kier alpha value is -2.04. The zero-order chi connectivity index (χ0) is 13.1. The molecule has 5 nitrogen and oxygen atoms in total. The first-order chi connectivity index (χ1) is 7.79. The Bertz CT molecular complexity index is 434. The largest absolute Gasteiger partial charge is 0.384 e. The van der Waals surface area contributed by atoms with Gasteiger partial charge in [0.2, 0.25) is 0 Å². The van der Waals surface area contributed by atoms with Gasteiger partial charge >= 0.3 is 6.03 Å². The van der Waals surface area contributed by atoms with Gasteiger partial charge in [-0.15, -0.1) is 0 Å². The quantitative estimate of drug-likeness (QED) is 0.465. The number of rotatable bonds is 2. The molecule has 0 aliphatic carbocycles. The van der Waals surface area contributed by atoms with Crippen LogP contribution >= 0.6 is 0 Å². The molecule has 1 aromatic carbocycles. The second kappa shape index (κ2) is 4.86. The van der Waals surface area contributed by atoms with Crippen molar-refractivity contribution in [2.45, 2.75) is 26.3 Å². The van der Waals surface area contributed by atoms with E-state index in [0.29, 0.717) is 11.3 Å². The van der Waals surface area contributed by atoms with Crippen molar-refractivity contribution in [3.05, 3.63) is 29.8 Å². The molecule has 17 heavy (non-hydrogen) atoms. The van der Waals surface area contributed by atoms with Gasteiger partial charge in [0.1, 0.15) is 5.84 Å². The van der Waals surface area contributed by atoms with Crippen molar-refractivity contribution in [2.24, 2.45) is 5.73 Å². The molecule has 0 unspecified atom stereocenters. The number of hydrogen-bond acceptors (Lipinski definition) is 2. The number of para-hydroxylation sites is 1. The summed E-state index contributed by atoms with van der Waals surface area (Å²) in [6.07, 6.45) is 0. The second-order valence-corrected chi connectivity index (χ2v) is 4.79. The third-order valence-corrected chi connectivity index (χ3v) is 1.95. The molecule has 2 amide bonds. The van der Waals surface area contributed by atoms with Crippen molar-refractivity contribution >= 4 is 17.6 Å². The highest BCUT2D eigenvalue weighted by atomic mass is 16.2. The molecule has 92 valence electrons. The number of anilines is 1. The van der Waals surface area contributed by atoms with E-state index in [-0.39, 0.29) is 17.4 Å². The van der Waals surface area contributed by atoms with E-state index in [0.717, 1.165) is 0 Å². The summed E-state index contributed by atoms with van der Waals surface area (Å²) < 4.78 is 0. The van der Waals surface area contributed by atoms with E-state index >= 15 is 0 Å². The molecule has 0 spiro atoms. The van der Waals surface area contributed by atoms with Crippen molar-refractivity contribution in [3.63, 3.8) is 0 Å². The van der Waals surface area contributed by atoms with Gasteiger partial charge < -0.3 is 16.4 Å². The molecule has 0 atom stereocenters. The van der Waals surface area contributed by atoms with Gasteiger partial charge in [-0.1, -0.05) is 12.1 Å². The Morgan fingerprint density at radius 3 is 2.41 bits per heavy atom. The van der Waals surface area contributed by atoms with Crippen LogP contribution in [0, 0.1) is 5.41 Å². The maximum atomic E-state index is 11.7. The molecule has 0 fully saturated rings. The predicted octanol–water partition coefficient (Wildman–Crippen LogP) is 1.89. The van der Waals surface area contributed by atoms with Gasteiger partial charge in [0, 0.05) is 11.1 Å². The minimum Gasteiger partial charge on any atom is -0.384 e. The molecule has 0 radical (unpaired) electrons. The number of hydrogen-bond donors (Lipinski definition) is 4. The Balaban J connectivity index is 2.82. The molecule has 0 heterocycles. The summed E-state index contributed by atoms with van der Waals surface area (Å²) in [7, 11) is 0. The zero-order valence-corrected chi connectivity index (χ0v) is 10.3. The number of carbonyl (C=O) groups excluding carboxylic acids is 1.